The monoisotopic (exact) mass is 399 g/mol. The van der Waals surface area contributed by atoms with Gasteiger partial charge in [-0.1, -0.05) is 36.6 Å². The van der Waals surface area contributed by atoms with E-state index in [1.54, 1.807) is 24.3 Å². The number of amides is 3. The van der Waals surface area contributed by atoms with E-state index in [2.05, 4.69) is 16.0 Å². The van der Waals surface area contributed by atoms with E-state index >= 15 is 0 Å². The van der Waals surface area contributed by atoms with Gasteiger partial charge in [0.15, 0.2) is 0 Å². The number of benzene rings is 2. The molecular weight excluding hydrogens is 374 g/mol. The standard InChI is InChI=1S/C22H26ClN3O2/c1-14-13-17(21(27)25-19-5-3-4-6-19)9-12-20(14)26-22(28)24-15(2)16-7-10-18(23)11-8-16/h7-13,15,19H,3-6H2,1-2H3,(H,25,27)(H2,24,26,28). The van der Waals surface area contributed by atoms with Crippen molar-refractivity contribution in [3.63, 3.8) is 0 Å². The Bertz CT molecular complexity index is 845. The molecule has 5 nitrogen and oxygen atoms in total. The summed E-state index contributed by atoms with van der Waals surface area (Å²) >= 11 is 5.90. The van der Waals surface area contributed by atoms with Crippen LogP contribution in [-0.2, 0) is 0 Å². The molecule has 1 aliphatic rings. The molecule has 6 heteroatoms. The molecule has 0 bridgehead atoms. The molecule has 3 amide bonds. The number of anilines is 1. The van der Waals surface area contributed by atoms with Crippen molar-refractivity contribution in [1.29, 1.82) is 0 Å². The average molecular weight is 400 g/mol. The van der Waals surface area contributed by atoms with Crippen LogP contribution in [0, 0.1) is 6.92 Å². The van der Waals surface area contributed by atoms with Crippen molar-refractivity contribution in [2.75, 3.05) is 5.32 Å². The van der Waals surface area contributed by atoms with Crippen molar-refractivity contribution in [2.24, 2.45) is 0 Å². The van der Waals surface area contributed by atoms with Crippen LogP contribution in [0.25, 0.3) is 0 Å². The van der Waals surface area contributed by atoms with Gasteiger partial charge in [0.1, 0.15) is 0 Å². The molecule has 28 heavy (non-hydrogen) atoms. The third-order valence-corrected chi connectivity index (χ3v) is 5.40. The molecule has 0 saturated heterocycles. The van der Waals surface area contributed by atoms with E-state index in [1.807, 2.05) is 32.0 Å². The number of urea groups is 1. The Balaban J connectivity index is 1.58. The Morgan fingerprint density at radius 3 is 2.39 bits per heavy atom. The highest BCUT2D eigenvalue weighted by molar-refractivity contribution is 6.30. The number of carbonyl (C=O) groups is 2. The molecule has 0 heterocycles. The zero-order valence-electron chi connectivity index (χ0n) is 16.2. The van der Waals surface area contributed by atoms with Gasteiger partial charge < -0.3 is 16.0 Å². The molecule has 0 aromatic heterocycles. The maximum atomic E-state index is 12.4. The summed E-state index contributed by atoms with van der Waals surface area (Å²) in [4.78, 5) is 24.7. The summed E-state index contributed by atoms with van der Waals surface area (Å²) < 4.78 is 0. The minimum atomic E-state index is -0.297. The van der Waals surface area contributed by atoms with E-state index in [0.29, 0.717) is 16.3 Å². The molecule has 1 saturated carbocycles. The molecule has 0 spiro atoms. The second kappa shape index (κ2) is 9.11. The molecule has 1 unspecified atom stereocenters. The number of nitrogens with one attached hydrogen (secondary N) is 3. The van der Waals surface area contributed by atoms with Gasteiger partial charge in [-0.25, -0.2) is 4.79 Å². The summed E-state index contributed by atoms with van der Waals surface area (Å²) in [6.07, 6.45) is 4.46. The van der Waals surface area contributed by atoms with Gasteiger partial charge in [-0.3, -0.25) is 4.79 Å². The maximum absolute atomic E-state index is 12.4. The fourth-order valence-electron chi connectivity index (χ4n) is 3.47. The minimum absolute atomic E-state index is 0.0534. The Morgan fingerprint density at radius 1 is 1.07 bits per heavy atom. The highest BCUT2D eigenvalue weighted by Gasteiger charge is 2.18. The minimum Gasteiger partial charge on any atom is -0.349 e. The topological polar surface area (TPSA) is 70.2 Å². The molecule has 3 rings (SSSR count). The lowest BCUT2D eigenvalue weighted by atomic mass is 10.1. The first-order chi connectivity index (χ1) is 13.4. The summed E-state index contributed by atoms with van der Waals surface area (Å²) in [5, 5.41) is 9.50. The average Bonchev–Trinajstić information content (AvgIpc) is 3.16. The molecule has 1 fully saturated rings. The lowest BCUT2D eigenvalue weighted by molar-refractivity contribution is 0.0938. The quantitative estimate of drug-likeness (QED) is 0.646. The predicted molar refractivity (Wildman–Crippen MR) is 113 cm³/mol. The molecule has 0 radical (unpaired) electrons. The van der Waals surface area contributed by atoms with Gasteiger partial charge in [0.25, 0.3) is 5.91 Å². The largest absolute Gasteiger partial charge is 0.349 e. The lowest BCUT2D eigenvalue weighted by Crippen LogP contribution is -2.33. The molecule has 2 aromatic rings. The molecular formula is C22H26ClN3O2. The molecule has 1 atom stereocenters. The Hall–Kier alpha value is -2.53. The number of hydrogen-bond donors (Lipinski definition) is 3. The van der Waals surface area contributed by atoms with Gasteiger partial charge in [-0.15, -0.1) is 0 Å². The third kappa shape index (κ3) is 5.26. The van der Waals surface area contributed by atoms with Crippen molar-refractivity contribution in [2.45, 2.75) is 51.6 Å². The first-order valence-corrected chi connectivity index (χ1v) is 10.0. The van der Waals surface area contributed by atoms with Crippen molar-refractivity contribution in [1.82, 2.24) is 10.6 Å². The van der Waals surface area contributed by atoms with Crippen LogP contribution in [0.5, 0.6) is 0 Å². The van der Waals surface area contributed by atoms with E-state index in [0.717, 1.165) is 24.0 Å². The third-order valence-electron chi connectivity index (χ3n) is 5.14. The molecule has 0 aliphatic heterocycles. The Labute approximate surface area is 170 Å². The van der Waals surface area contributed by atoms with Gasteiger partial charge in [0, 0.05) is 22.3 Å². The van der Waals surface area contributed by atoms with Crippen LogP contribution in [0.2, 0.25) is 5.02 Å². The van der Waals surface area contributed by atoms with Gasteiger partial charge in [0.2, 0.25) is 0 Å². The summed E-state index contributed by atoms with van der Waals surface area (Å²) in [5.41, 5.74) is 3.10. The van der Waals surface area contributed by atoms with E-state index < -0.39 is 0 Å². The summed E-state index contributed by atoms with van der Waals surface area (Å²) in [7, 11) is 0. The van der Waals surface area contributed by atoms with Crippen LogP contribution in [0.4, 0.5) is 10.5 Å². The Kier molecular flexibility index (Phi) is 6.57. The maximum Gasteiger partial charge on any atom is 0.319 e. The van der Waals surface area contributed by atoms with E-state index in [9.17, 15) is 9.59 Å². The molecule has 2 aromatic carbocycles. The van der Waals surface area contributed by atoms with Crippen molar-refractivity contribution in [3.8, 4) is 0 Å². The molecule has 1 aliphatic carbocycles. The number of halogens is 1. The number of rotatable bonds is 5. The van der Waals surface area contributed by atoms with Crippen LogP contribution in [-0.4, -0.2) is 18.0 Å². The lowest BCUT2D eigenvalue weighted by Gasteiger charge is -2.17. The van der Waals surface area contributed by atoms with Crippen LogP contribution in [0.3, 0.4) is 0 Å². The second-order valence-corrected chi connectivity index (χ2v) is 7.79. The SMILES string of the molecule is Cc1cc(C(=O)NC2CCCC2)ccc1NC(=O)NC(C)c1ccc(Cl)cc1. The summed E-state index contributed by atoms with van der Waals surface area (Å²) in [6.45, 7) is 3.79. The van der Waals surface area contributed by atoms with Gasteiger partial charge in [-0.05, 0) is 68.1 Å². The smallest absolute Gasteiger partial charge is 0.319 e. The van der Waals surface area contributed by atoms with E-state index in [1.165, 1.54) is 12.8 Å². The van der Waals surface area contributed by atoms with Gasteiger partial charge in [-0.2, -0.15) is 0 Å². The van der Waals surface area contributed by atoms with E-state index in [-0.39, 0.29) is 24.0 Å². The van der Waals surface area contributed by atoms with Crippen molar-refractivity contribution < 1.29 is 9.59 Å². The molecule has 148 valence electrons. The number of hydrogen-bond acceptors (Lipinski definition) is 2. The van der Waals surface area contributed by atoms with Crippen LogP contribution in [0.1, 0.15) is 60.1 Å². The fourth-order valence-corrected chi connectivity index (χ4v) is 3.60. The fraction of sp³-hybridized carbons (Fsp3) is 0.364. The summed E-state index contributed by atoms with van der Waals surface area (Å²) in [5.74, 6) is -0.0534. The first kappa shape index (κ1) is 20.2. The zero-order chi connectivity index (χ0) is 20.1. The Morgan fingerprint density at radius 2 is 1.75 bits per heavy atom. The normalized spacial score (nSPS) is 15.1. The van der Waals surface area contributed by atoms with Crippen molar-refractivity contribution >= 4 is 29.2 Å². The highest BCUT2D eigenvalue weighted by Crippen LogP contribution is 2.21. The highest BCUT2D eigenvalue weighted by atomic mass is 35.5. The van der Waals surface area contributed by atoms with Gasteiger partial charge >= 0.3 is 6.03 Å². The van der Waals surface area contributed by atoms with Crippen molar-refractivity contribution in [3.05, 3.63) is 64.2 Å². The number of aryl methyl sites for hydroxylation is 1. The second-order valence-electron chi connectivity index (χ2n) is 7.36. The summed E-state index contributed by atoms with van der Waals surface area (Å²) in [6, 6.07) is 12.5. The first-order valence-electron chi connectivity index (χ1n) is 9.67. The number of carbonyl (C=O) groups excluding carboxylic acids is 2. The van der Waals surface area contributed by atoms with Gasteiger partial charge in [0.05, 0.1) is 6.04 Å². The van der Waals surface area contributed by atoms with Crippen LogP contribution < -0.4 is 16.0 Å². The van der Waals surface area contributed by atoms with E-state index in [4.69, 9.17) is 11.6 Å². The zero-order valence-corrected chi connectivity index (χ0v) is 17.0. The predicted octanol–water partition coefficient (Wildman–Crippen LogP) is 5.20. The van der Waals surface area contributed by atoms with Crippen LogP contribution >= 0.6 is 11.6 Å². The molecule has 3 N–H and O–H groups in total. The van der Waals surface area contributed by atoms with Crippen LogP contribution in [0.15, 0.2) is 42.5 Å².